The number of carbonyl (C=O) groups is 2. The molecule has 0 fully saturated rings. The first kappa shape index (κ1) is 12.8. The van der Waals surface area contributed by atoms with Crippen LogP contribution >= 0.6 is 0 Å². The number of hydrogen-bond acceptors (Lipinski definition) is 4. The molecule has 0 aliphatic carbocycles. The van der Waals surface area contributed by atoms with Crippen LogP contribution < -0.4 is 17.0 Å². The zero-order valence-corrected chi connectivity index (χ0v) is 9.42. The second kappa shape index (κ2) is 5.15. The van der Waals surface area contributed by atoms with Gasteiger partial charge in [-0.2, -0.15) is 0 Å². The number of rotatable bonds is 4. The third-order valence-electron chi connectivity index (χ3n) is 2.13. The van der Waals surface area contributed by atoms with Crippen molar-refractivity contribution in [3.8, 4) is 0 Å². The van der Waals surface area contributed by atoms with Crippen molar-refractivity contribution in [3.63, 3.8) is 0 Å². The van der Waals surface area contributed by atoms with Gasteiger partial charge in [0, 0.05) is 25.0 Å². The van der Waals surface area contributed by atoms with E-state index in [1.54, 1.807) is 0 Å². The highest BCUT2D eigenvalue weighted by Gasteiger charge is 2.12. The maximum Gasteiger partial charge on any atom is 0.251 e. The van der Waals surface area contributed by atoms with Gasteiger partial charge in [-0.3, -0.25) is 14.4 Å². The molecule has 0 unspecified atom stereocenters. The number of hydrogen-bond donors (Lipinski definition) is 2. The molecule has 0 aliphatic rings. The lowest BCUT2D eigenvalue weighted by atomic mass is 10.4. The maximum absolute atomic E-state index is 11.6. The smallest absolute Gasteiger partial charge is 0.251 e. The van der Waals surface area contributed by atoms with Crippen LogP contribution in [0.15, 0.2) is 23.1 Å². The highest BCUT2D eigenvalue weighted by atomic mass is 16.2. The summed E-state index contributed by atoms with van der Waals surface area (Å²) in [5.41, 5.74) is 10.5. The topological polar surface area (TPSA) is 111 Å². The second-order valence-corrected chi connectivity index (χ2v) is 3.64. The third-order valence-corrected chi connectivity index (χ3v) is 2.13. The lowest BCUT2D eigenvalue weighted by Crippen LogP contribution is -2.38. The summed E-state index contributed by atoms with van der Waals surface area (Å²) in [5, 5.41) is 0. The molecule has 7 nitrogen and oxygen atoms in total. The number of carbonyl (C=O) groups excluding carboxylic acids is 2. The number of nitrogen functional groups attached to an aromatic ring is 1. The SMILES string of the molecule is CN(CC(N)=O)C(=O)Cn1cc(N)ccc1=O. The van der Waals surface area contributed by atoms with Crippen molar-refractivity contribution in [2.75, 3.05) is 19.3 Å². The van der Waals surface area contributed by atoms with Crippen LogP contribution in [0.1, 0.15) is 0 Å². The Morgan fingerprint density at radius 2 is 2.06 bits per heavy atom. The molecule has 1 aromatic heterocycles. The molecule has 0 spiro atoms. The molecule has 1 aromatic rings. The molecule has 1 rings (SSSR count). The number of likely N-dealkylation sites (N-methyl/N-ethyl adjacent to an activating group) is 1. The molecule has 92 valence electrons. The molecule has 0 atom stereocenters. The normalized spacial score (nSPS) is 9.94. The summed E-state index contributed by atoms with van der Waals surface area (Å²) in [6.07, 6.45) is 1.37. The van der Waals surface area contributed by atoms with E-state index < -0.39 is 11.8 Å². The molecule has 4 N–H and O–H groups in total. The fourth-order valence-electron chi connectivity index (χ4n) is 1.26. The van der Waals surface area contributed by atoms with Crippen LogP contribution in [0.3, 0.4) is 0 Å². The van der Waals surface area contributed by atoms with Gasteiger partial charge in [-0.05, 0) is 6.07 Å². The Morgan fingerprint density at radius 1 is 1.41 bits per heavy atom. The van der Waals surface area contributed by atoms with Gasteiger partial charge in [0.25, 0.3) is 5.56 Å². The van der Waals surface area contributed by atoms with Crippen LogP contribution in [-0.4, -0.2) is 34.9 Å². The Labute approximate surface area is 97.6 Å². The van der Waals surface area contributed by atoms with Crippen molar-refractivity contribution in [2.24, 2.45) is 5.73 Å². The number of nitrogens with zero attached hydrogens (tertiary/aromatic N) is 2. The summed E-state index contributed by atoms with van der Waals surface area (Å²) < 4.78 is 1.18. The van der Waals surface area contributed by atoms with Gasteiger partial charge in [-0.1, -0.05) is 0 Å². The summed E-state index contributed by atoms with van der Waals surface area (Å²) in [6.45, 7) is -0.358. The fourth-order valence-corrected chi connectivity index (χ4v) is 1.26. The number of pyridine rings is 1. The van der Waals surface area contributed by atoms with Crippen molar-refractivity contribution < 1.29 is 9.59 Å². The van der Waals surface area contributed by atoms with Gasteiger partial charge < -0.3 is 20.9 Å². The maximum atomic E-state index is 11.6. The van der Waals surface area contributed by atoms with E-state index in [-0.39, 0.29) is 18.6 Å². The first-order valence-corrected chi connectivity index (χ1v) is 4.88. The molecule has 0 radical (unpaired) electrons. The van der Waals surface area contributed by atoms with Crippen molar-refractivity contribution in [3.05, 3.63) is 28.7 Å². The minimum absolute atomic E-state index is 0.173. The largest absolute Gasteiger partial charge is 0.398 e. The summed E-state index contributed by atoms with van der Waals surface area (Å²) in [4.78, 5) is 34.8. The molecule has 0 saturated carbocycles. The number of aromatic nitrogens is 1. The third kappa shape index (κ3) is 3.63. The molecular weight excluding hydrogens is 224 g/mol. The zero-order chi connectivity index (χ0) is 13.0. The minimum Gasteiger partial charge on any atom is -0.398 e. The molecule has 0 bridgehead atoms. The molecule has 0 aromatic carbocycles. The molecular formula is C10H14N4O3. The van der Waals surface area contributed by atoms with E-state index in [0.29, 0.717) is 5.69 Å². The Kier molecular flexibility index (Phi) is 3.86. The van der Waals surface area contributed by atoms with E-state index in [0.717, 1.165) is 4.90 Å². The Morgan fingerprint density at radius 3 is 2.65 bits per heavy atom. The summed E-state index contributed by atoms with van der Waals surface area (Å²) in [6, 6.07) is 2.73. The predicted octanol–water partition coefficient (Wildman–Crippen LogP) is -1.63. The van der Waals surface area contributed by atoms with E-state index in [1.165, 1.54) is 29.9 Å². The van der Waals surface area contributed by atoms with Crippen LogP contribution in [-0.2, 0) is 16.1 Å². The molecule has 1 heterocycles. The standard InChI is InChI=1S/C10H14N4O3/c1-13(5-8(12)15)10(17)6-14-4-7(11)2-3-9(14)16/h2-4H,5-6,11H2,1H3,(H2,12,15). The van der Waals surface area contributed by atoms with Crippen LogP contribution in [0.25, 0.3) is 0 Å². The predicted molar refractivity (Wildman–Crippen MR) is 61.9 cm³/mol. The zero-order valence-electron chi connectivity index (χ0n) is 9.42. The van der Waals surface area contributed by atoms with Gasteiger partial charge in [0.15, 0.2) is 0 Å². The van der Waals surface area contributed by atoms with E-state index in [2.05, 4.69) is 0 Å². The summed E-state index contributed by atoms with van der Waals surface area (Å²) in [5.74, 6) is -1.00. The lowest BCUT2D eigenvalue weighted by Gasteiger charge is -2.15. The van der Waals surface area contributed by atoms with Gasteiger partial charge in [0.1, 0.15) is 6.54 Å². The van der Waals surface area contributed by atoms with Gasteiger partial charge in [0.2, 0.25) is 11.8 Å². The molecule has 7 heteroatoms. The Balaban J connectivity index is 2.77. The van der Waals surface area contributed by atoms with E-state index in [9.17, 15) is 14.4 Å². The van der Waals surface area contributed by atoms with Crippen molar-refractivity contribution in [1.82, 2.24) is 9.47 Å². The van der Waals surface area contributed by atoms with Crippen molar-refractivity contribution >= 4 is 17.5 Å². The highest BCUT2D eigenvalue weighted by molar-refractivity contribution is 5.83. The van der Waals surface area contributed by atoms with E-state index in [1.807, 2.05) is 0 Å². The Bertz CT molecular complexity index is 495. The summed E-state index contributed by atoms with van der Waals surface area (Å²) >= 11 is 0. The minimum atomic E-state index is -0.610. The average Bonchev–Trinajstić information content (AvgIpc) is 2.22. The van der Waals surface area contributed by atoms with Gasteiger partial charge in [0.05, 0.1) is 6.54 Å². The van der Waals surface area contributed by atoms with Crippen LogP contribution in [0, 0.1) is 0 Å². The number of amides is 2. The lowest BCUT2D eigenvalue weighted by molar-refractivity contribution is -0.134. The molecule has 0 aliphatic heterocycles. The first-order chi connectivity index (χ1) is 7.90. The van der Waals surface area contributed by atoms with Gasteiger partial charge >= 0.3 is 0 Å². The first-order valence-electron chi connectivity index (χ1n) is 4.88. The Hall–Kier alpha value is -2.31. The number of nitrogens with two attached hydrogens (primary N) is 2. The second-order valence-electron chi connectivity index (χ2n) is 3.64. The highest BCUT2D eigenvalue weighted by Crippen LogP contribution is 1.96. The van der Waals surface area contributed by atoms with Crippen molar-refractivity contribution in [2.45, 2.75) is 6.54 Å². The molecule has 17 heavy (non-hydrogen) atoms. The van der Waals surface area contributed by atoms with Gasteiger partial charge in [-0.15, -0.1) is 0 Å². The van der Waals surface area contributed by atoms with Crippen molar-refractivity contribution in [1.29, 1.82) is 0 Å². The fraction of sp³-hybridized carbons (Fsp3) is 0.300. The number of anilines is 1. The van der Waals surface area contributed by atoms with Crippen LogP contribution in [0.5, 0.6) is 0 Å². The summed E-state index contributed by atoms with van der Waals surface area (Å²) in [7, 11) is 1.43. The molecule has 2 amide bonds. The number of primary amides is 1. The van der Waals surface area contributed by atoms with E-state index in [4.69, 9.17) is 11.5 Å². The quantitative estimate of drug-likeness (QED) is 0.656. The monoisotopic (exact) mass is 238 g/mol. The van der Waals surface area contributed by atoms with E-state index >= 15 is 0 Å². The van der Waals surface area contributed by atoms with Crippen LogP contribution in [0.2, 0.25) is 0 Å². The van der Waals surface area contributed by atoms with Gasteiger partial charge in [-0.25, -0.2) is 0 Å². The molecule has 0 saturated heterocycles. The average molecular weight is 238 g/mol. The van der Waals surface area contributed by atoms with Crippen LogP contribution in [0.4, 0.5) is 5.69 Å².